The molecule has 6 nitrogen and oxygen atoms in total. The molecule has 1 aliphatic rings. The summed E-state index contributed by atoms with van der Waals surface area (Å²) >= 11 is 0. The molecule has 1 fully saturated rings. The number of carbonyl (C=O) groups is 1. The molecular formula is C11H16N4O2. The summed E-state index contributed by atoms with van der Waals surface area (Å²) in [6.45, 7) is 5.03. The van der Waals surface area contributed by atoms with Gasteiger partial charge in [0.25, 0.3) is 5.91 Å². The Morgan fingerprint density at radius 1 is 1.41 bits per heavy atom. The van der Waals surface area contributed by atoms with E-state index in [2.05, 4.69) is 9.97 Å². The van der Waals surface area contributed by atoms with Crippen LogP contribution in [0, 0.1) is 0 Å². The van der Waals surface area contributed by atoms with Crippen LogP contribution < -0.4 is 5.73 Å². The molecule has 1 aromatic heterocycles. The number of rotatable bonds is 1. The van der Waals surface area contributed by atoms with Crippen LogP contribution >= 0.6 is 0 Å². The molecule has 2 N–H and O–H groups in total. The second kappa shape index (κ2) is 4.67. The number of carbonyl (C=O) groups excluding carboxylic acids is 1. The molecule has 2 atom stereocenters. The lowest BCUT2D eigenvalue weighted by Gasteiger charge is -2.35. The van der Waals surface area contributed by atoms with Gasteiger partial charge in [0.05, 0.1) is 24.6 Å². The molecule has 0 spiro atoms. The number of hydrogen-bond donors (Lipinski definition) is 1. The van der Waals surface area contributed by atoms with Crippen molar-refractivity contribution in [3.8, 4) is 0 Å². The third-order valence-electron chi connectivity index (χ3n) is 2.58. The van der Waals surface area contributed by atoms with Gasteiger partial charge in [0, 0.05) is 13.1 Å². The minimum Gasteiger partial charge on any atom is -0.382 e. The Morgan fingerprint density at radius 3 is 2.65 bits per heavy atom. The van der Waals surface area contributed by atoms with Gasteiger partial charge in [-0.3, -0.25) is 9.78 Å². The molecule has 2 rings (SSSR count). The van der Waals surface area contributed by atoms with Gasteiger partial charge < -0.3 is 15.4 Å². The number of amides is 1. The summed E-state index contributed by atoms with van der Waals surface area (Å²) in [7, 11) is 0. The maximum absolute atomic E-state index is 12.2. The summed E-state index contributed by atoms with van der Waals surface area (Å²) < 4.78 is 5.57. The first-order chi connectivity index (χ1) is 8.06. The molecule has 1 aliphatic heterocycles. The fourth-order valence-corrected chi connectivity index (χ4v) is 1.99. The zero-order valence-electron chi connectivity index (χ0n) is 9.96. The van der Waals surface area contributed by atoms with Crippen molar-refractivity contribution >= 4 is 11.7 Å². The van der Waals surface area contributed by atoms with Gasteiger partial charge in [-0.05, 0) is 13.8 Å². The Kier molecular flexibility index (Phi) is 3.23. The van der Waals surface area contributed by atoms with E-state index >= 15 is 0 Å². The van der Waals surface area contributed by atoms with E-state index < -0.39 is 0 Å². The van der Waals surface area contributed by atoms with E-state index in [1.54, 1.807) is 4.90 Å². The number of nitrogens with zero attached hydrogens (tertiary/aromatic N) is 3. The van der Waals surface area contributed by atoms with Crippen molar-refractivity contribution in [2.24, 2.45) is 0 Å². The van der Waals surface area contributed by atoms with Gasteiger partial charge in [-0.1, -0.05) is 0 Å². The quantitative estimate of drug-likeness (QED) is 0.758. The Balaban J connectivity index is 2.14. The summed E-state index contributed by atoms with van der Waals surface area (Å²) in [4.78, 5) is 21.7. The average molecular weight is 236 g/mol. The zero-order valence-corrected chi connectivity index (χ0v) is 9.96. The topological polar surface area (TPSA) is 81.3 Å². The number of aromatic nitrogens is 2. The molecule has 0 saturated carbocycles. The van der Waals surface area contributed by atoms with Gasteiger partial charge in [0.15, 0.2) is 0 Å². The first kappa shape index (κ1) is 11.8. The SMILES string of the molecule is CC1CN(C(=O)c2cncc(N)n2)CC(C)O1. The highest BCUT2D eigenvalue weighted by Crippen LogP contribution is 2.13. The van der Waals surface area contributed by atoms with Gasteiger partial charge in [-0.25, -0.2) is 4.98 Å². The van der Waals surface area contributed by atoms with Gasteiger partial charge in [-0.15, -0.1) is 0 Å². The zero-order chi connectivity index (χ0) is 12.4. The Bertz CT molecular complexity index is 414. The van der Waals surface area contributed by atoms with Gasteiger partial charge in [0.2, 0.25) is 0 Å². The maximum atomic E-state index is 12.2. The van der Waals surface area contributed by atoms with Crippen LogP contribution in [0.4, 0.5) is 5.82 Å². The smallest absolute Gasteiger partial charge is 0.274 e. The van der Waals surface area contributed by atoms with E-state index in [4.69, 9.17) is 10.5 Å². The van der Waals surface area contributed by atoms with Crippen LogP contribution in [0.2, 0.25) is 0 Å². The normalized spacial score (nSPS) is 24.7. The van der Waals surface area contributed by atoms with Crippen molar-refractivity contribution in [3.63, 3.8) is 0 Å². The standard InChI is InChI=1S/C11H16N4O2/c1-7-5-15(6-8(2)17-7)11(16)9-3-13-4-10(12)14-9/h3-4,7-8H,5-6H2,1-2H3,(H2,12,14). The molecular weight excluding hydrogens is 220 g/mol. The minimum atomic E-state index is -0.146. The van der Waals surface area contributed by atoms with Crippen molar-refractivity contribution in [3.05, 3.63) is 18.1 Å². The second-order valence-electron chi connectivity index (χ2n) is 4.30. The van der Waals surface area contributed by atoms with Gasteiger partial charge in [-0.2, -0.15) is 0 Å². The molecule has 2 unspecified atom stereocenters. The molecule has 92 valence electrons. The second-order valence-corrected chi connectivity index (χ2v) is 4.30. The average Bonchev–Trinajstić information content (AvgIpc) is 2.26. The lowest BCUT2D eigenvalue weighted by molar-refractivity contribution is -0.0587. The lowest BCUT2D eigenvalue weighted by atomic mass is 10.2. The van der Waals surface area contributed by atoms with Crippen LogP contribution in [0.25, 0.3) is 0 Å². The lowest BCUT2D eigenvalue weighted by Crippen LogP contribution is -2.48. The molecule has 0 bridgehead atoms. The molecule has 2 heterocycles. The van der Waals surface area contributed by atoms with E-state index in [0.717, 1.165) is 0 Å². The predicted octanol–water partition coefficient (Wildman–Crippen LogP) is 0.308. The van der Waals surface area contributed by atoms with Crippen LogP contribution in [-0.4, -0.2) is 46.1 Å². The molecule has 6 heteroatoms. The Hall–Kier alpha value is -1.69. The fourth-order valence-electron chi connectivity index (χ4n) is 1.99. The van der Waals surface area contributed by atoms with Crippen molar-refractivity contribution in [1.82, 2.24) is 14.9 Å². The van der Waals surface area contributed by atoms with E-state index in [9.17, 15) is 4.79 Å². The molecule has 17 heavy (non-hydrogen) atoms. The summed E-state index contributed by atoms with van der Waals surface area (Å²) in [5.74, 6) is 0.108. The summed E-state index contributed by atoms with van der Waals surface area (Å²) in [6.07, 6.45) is 2.93. The van der Waals surface area contributed by atoms with Crippen molar-refractivity contribution < 1.29 is 9.53 Å². The largest absolute Gasteiger partial charge is 0.382 e. The molecule has 0 aliphatic carbocycles. The van der Waals surface area contributed by atoms with E-state index in [-0.39, 0.29) is 29.6 Å². The molecule has 1 amide bonds. The van der Waals surface area contributed by atoms with Crippen LogP contribution in [0.1, 0.15) is 24.3 Å². The van der Waals surface area contributed by atoms with Crippen LogP contribution in [0.3, 0.4) is 0 Å². The van der Waals surface area contributed by atoms with Gasteiger partial charge >= 0.3 is 0 Å². The Labute approximate surface area is 99.8 Å². The van der Waals surface area contributed by atoms with Crippen molar-refractivity contribution in [2.45, 2.75) is 26.1 Å². The number of nitrogen functional groups attached to an aromatic ring is 1. The molecule has 1 saturated heterocycles. The first-order valence-corrected chi connectivity index (χ1v) is 5.58. The van der Waals surface area contributed by atoms with Crippen molar-refractivity contribution in [2.75, 3.05) is 18.8 Å². The summed E-state index contributed by atoms with van der Waals surface area (Å²) in [6, 6.07) is 0. The Morgan fingerprint density at radius 2 is 2.06 bits per heavy atom. The highest BCUT2D eigenvalue weighted by Gasteiger charge is 2.27. The monoisotopic (exact) mass is 236 g/mol. The molecule has 1 aromatic rings. The number of morpholine rings is 1. The summed E-state index contributed by atoms with van der Waals surface area (Å²) in [5.41, 5.74) is 5.80. The number of nitrogens with two attached hydrogens (primary N) is 1. The van der Waals surface area contributed by atoms with Crippen LogP contribution in [-0.2, 0) is 4.74 Å². The number of hydrogen-bond acceptors (Lipinski definition) is 5. The van der Waals surface area contributed by atoms with E-state index in [0.29, 0.717) is 13.1 Å². The van der Waals surface area contributed by atoms with Crippen LogP contribution in [0.5, 0.6) is 0 Å². The molecule has 0 aromatic carbocycles. The minimum absolute atomic E-state index is 0.0386. The van der Waals surface area contributed by atoms with E-state index in [1.807, 2.05) is 13.8 Å². The highest BCUT2D eigenvalue weighted by atomic mass is 16.5. The highest BCUT2D eigenvalue weighted by molar-refractivity contribution is 5.92. The summed E-state index contributed by atoms with van der Waals surface area (Å²) in [5, 5.41) is 0. The third kappa shape index (κ3) is 2.71. The molecule has 0 radical (unpaired) electrons. The van der Waals surface area contributed by atoms with E-state index in [1.165, 1.54) is 12.4 Å². The third-order valence-corrected chi connectivity index (χ3v) is 2.58. The predicted molar refractivity (Wildman–Crippen MR) is 62.4 cm³/mol. The fraction of sp³-hybridized carbons (Fsp3) is 0.545. The maximum Gasteiger partial charge on any atom is 0.274 e. The first-order valence-electron chi connectivity index (χ1n) is 5.58. The van der Waals surface area contributed by atoms with Crippen molar-refractivity contribution in [1.29, 1.82) is 0 Å². The van der Waals surface area contributed by atoms with Gasteiger partial charge in [0.1, 0.15) is 11.5 Å². The number of ether oxygens (including phenoxy) is 1. The van der Waals surface area contributed by atoms with Crippen LogP contribution in [0.15, 0.2) is 12.4 Å². The number of anilines is 1.